The molecular formula is C25H27ClN6O2. The molecule has 3 heterocycles. The van der Waals surface area contributed by atoms with Crippen molar-refractivity contribution in [2.75, 3.05) is 31.1 Å². The average Bonchev–Trinajstić information content (AvgIpc) is 3.21. The maximum Gasteiger partial charge on any atom is 0.329 e. The Morgan fingerprint density at radius 3 is 2.38 bits per heavy atom. The van der Waals surface area contributed by atoms with Crippen molar-refractivity contribution in [3.63, 3.8) is 0 Å². The Morgan fingerprint density at radius 2 is 1.68 bits per heavy atom. The Balaban J connectivity index is 1.47. The molecule has 0 bridgehead atoms. The number of rotatable bonds is 5. The molecule has 2 aromatic heterocycles. The van der Waals surface area contributed by atoms with Gasteiger partial charge in [0.1, 0.15) is 0 Å². The summed E-state index contributed by atoms with van der Waals surface area (Å²) in [6, 6.07) is 16.2. The largest absolute Gasteiger partial charge is 0.340 e. The number of aryl methyl sites for hydroxylation is 2. The van der Waals surface area contributed by atoms with E-state index >= 15 is 0 Å². The number of anilines is 1. The predicted octanol–water partition coefficient (Wildman–Crippen LogP) is 2.76. The summed E-state index contributed by atoms with van der Waals surface area (Å²) in [4.78, 5) is 36.8. The summed E-state index contributed by atoms with van der Waals surface area (Å²) in [7, 11) is 1.62. The summed E-state index contributed by atoms with van der Waals surface area (Å²) >= 11 is 6.44. The van der Waals surface area contributed by atoms with Crippen LogP contribution in [-0.4, -0.2) is 50.2 Å². The fourth-order valence-corrected chi connectivity index (χ4v) is 4.66. The quantitative estimate of drug-likeness (QED) is 0.477. The third kappa shape index (κ3) is 4.26. The molecule has 0 unspecified atom stereocenters. The molecule has 1 fully saturated rings. The Morgan fingerprint density at radius 1 is 0.971 bits per heavy atom. The van der Waals surface area contributed by atoms with E-state index in [0.717, 1.165) is 38.3 Å². The molecule has 1 saturated heterocycles. The van der Waals surface area contributed by atoms with E-state index in [-0.39, 0.29) is 0 Å². The van der Waals surface area contributed by atoms with E-state index < -0.39 is 11.2 Å². The van der Waals surface area contributed by atoms with Crippen LogP contribution in [0.1, 0.15) is 16.7 Å². The maximum absolute atomic E-state index is 12.8. The molecular weight excluding hydrogens is 452 g/mol. The lowest BCUT2D eigenvalue weighted by atomic mass is 10.1. The molecule has 2 aromatic carbocycles. The van der Waals surface area contributed by atoms with Crippen molar-refractivity contribution < 1.29 is 0 Å². The summed E-state index contributed by atoms with van der Waals surface area (Å²) in [5, 5.41) is 0.625. The Hall–Kier alpha value is -3.36. The van der Waals surface area contributed by atoms with Gasteiger partial charge in [-0.15, -0.1) is 0 Å². The van der Waals surface area contributed by atoms with Crippen molar-refractivity contribution in [2.24, 2.45) is 7.05 Å². The van der Waals surface area contributed by atoms with Gasteiger partial charge < -0.3 is 4.90 Å². The van der Waals surface area contributed by atoms with E-state index in [1.807, 2.05) is 28.8 Å². The van der Waals surface area contributed by atoms with Gasteiger partial charge in [0, 0.05) is 44.8 Å². The van der Waals surface area contributed by atoms with Gasteiger partial charge in [0.15, 0.2) is 11.2 Å². The van der Waals surface area contributed by atoms with Crippen molar-refractivity contribution in [1.82, 2.24) is 24.0 Å². The first-order valence-electron chi connectivity index (χ1n) is 11.4. The van der Waals surface area contributed by atoms with Crippen LogP contribution in [0.3, 0.4) is 0 Å². The van der Waals surface area contributed by atoms with Gasteiger partial charge in [-0.05, 0) is 24.1 Å². The minimum absolute atomic E-state index is 0.373. The smallest absolute Gasteiger partial charge is 0.329 e. The van der Waals surface area contributed by atoms with Gasteiger partial charge in [0.05, 0.1) is 6.54 Å². The first-order valence-corrected chi connectivity index (χ1v) is 11.7. The topological polar surface area (TPSA) is 79.2 Å². The van der Waals surface area contributed by atoms with Crippen molar-refractivity contribution in [2.45, 2.75) is 20.0 Å². The highest BCUT2D eigenvalue weighted by Gasteiger charge is 2.25. The van der Waals surface area contributed by atoms with E-state index in [1.165, 1.54) is 15.7 Å². The molecule has 0 aliphatic carbocycles. The fraction of sp³-hybridized carbons (Fsp3) is 0.320. The van der Waals surface area contributed by atoms with Crippen LogP contribution in [-0.2, 0) is 20.1 Å². The number of hydrogen-bond donors (Lipinski definition) is 1. The average molecular weight is 479 g/mol. The molecule has 5 rings (SSSR count). The van der Waals surface area contributed by atoms with Gasteiger partial charge in [-0.2, -0.15) is 4.98 Å². The molecule has 34 heavy (non-hydrogen) atoms. The second-order valence-corrected chi connectivity index (χ2v) is 9.24. The SMILES string of the molecule is Cc1ccc(CN2CCN(c3nc4c(c(=O)[nH]c(=O)n4C)n3Cc3ccccc3Cl)CC2)cc1. The van der Waals surface area contributed by atoms with Crippen molar-refractivity contribution >= 4 is 28.7 Å². The number of piperazine rings is 1. The molecule has 1 aliphatic heterocycles. The van der Waals surface area contributed by atoms with Crippen LogP contribution >= 0.6 is 11.6 Å². The number of aromatic nitrogens is 4. The minimum atomic E-state index is -0.477. The lowest BCUT2D eigenvalue weighted by Gasteiger charge is -2.35. The third-order valence-electron chi connectivity index (χ3n) is 6.46. The lowest BCUT2D eigenvalue weighted by Crippen LogP contribution is -2.47. The number of aromatic amines is 1. The van der Waals surface area contributed by atoms with E-state index in [0.29, 0.717) is 28.7 Å². The standard InChI is InChI=1S/C25H27ClN6O2/c1-17-7-9-18(10-8-17)15-30-11-13-31(14-12-30)24-27-22-21(23(33)28-25(34)29(22)2)32(24)16-19-5-3-4-6-20(19)26/h3-10H,11-16H2,1-2H3,(H,28,33,34). The van der Waals surface area contributed by atoms with Crippen LogP contribution in [0.25, 0.3) is 11.2 Å². The second-order valence-electron chi connectivity index (χ2n) is 8.83. The van der Waals surface area contributed by atoms with Crippen LogP contribution in [0.5, 0.6) is 0 Å². The third-order valence-corrected chi connectivity index (χ3v) is 6.82. The number of hydrogen-bond acceptors (Lipinski definition) is 5. The van der Waals surface area contributed by atoms with Gasteiger partial charge in [0.2, 0.25) is 5.95 Å². The van der Waals surface area contributed by atoms with Gasteiger partial charge in [-0.25, -0.2) is 4.79 Å². The molecule has 9 heteroatoms. The lowest BCUT2D eigenvalue weighted by molar-refractivity contribution is 0.248. The van der Waals surface area contributed by atoms with E-state index in [1.54, 1.807) is 7.05 Å². The van der Waals surface area contributed by atoms with E-state index in [9.17, 15) is 9.59 Å². The Bertz CT molecular complexity index is 1450. The summed E-state index contributed by atoms with van der Waals surface area (Å²) < 4.78 is 3.27. The highest BCUT2D eigenvalue weighted by Crippen LogP contribution is 2.25. The zero-order valence-corrected chi connectivity index (χ0v) is 20.0. The summed E-state index contributed by atoms with van der Waals surface area (Å²) in [5.41, 5.74) is 3.27. The molecule has 176 valence electrons. The van der Waals surface area contributed by atoms with Gasteiger partial charge in [-0.1, -0.05) is 59.6 Å². The normalized spacial score (nSPS) is 14.7. The number of imidazole rings is 1. The molecule has 4 aromatic rings. The van der Waals surface area contributed by atoms with Crippen molar-refractivity contribution in [1.29, 1.82) is 0 Å². The maximum atomic E-state index is 12.8. The van der Waals surface area contributed by atoms with Crippen LogP contribution < -0.4 is 16.1 Å². The molecule has 1 aliphatic rings. The molecule has 0 spiro atoms. The van der Waals surface area contributed by atoms with Crippen LogP contribution in [0.15, 0.2) is 58.1 Å². The number of halogens is 1. The molecule has 0 amide bonds. The summed E-state index contributed by atoms with van der Waals surface area (Å²) in [5.74, 6) is 0.677. The Labute approximate surface area is 202 Å². The predicted molar refractivity (Wildman–Crippen MR) is 135 cm³/mol. The highest BCUT2D eigenvalue weighted by molar-refractivity contribution is 6.31. The van der Waals surface area contributed by atoms with Gasteiger partial charge >= 0.3 is 5.69 Å². The highest BCUT2D eigenvalue weighted by atomic mass is 35.5. The van der Waals surface area contributed by atoms with Gasteiger partial charge in [0.25, 0.3) is 5.56 Å². The molecule has 0 saturated carbocycles. The summed E-state index contributed by atoms with van der Waals surface area (Å²) in [6.45, 7) is 6.66. The molecule has 0 radical (unpaired) electrons. The molecule has 1 N–H and O–H groups in total. The van der Waals surface area contributed by atoms with Crippen molar-refractivity contribution in [3.05, 3.63) is 91.1 Å². The summed E-state index contributed by atoms with van der Waals surface area (Å²) in [6.07, 6.45) is 0. The monoisotopic (exact) mass is 478 g/mol. The van der Waals surface area contributed by atoms with Crippen LogP contribution in [0.2, 0.25) is 5.02 Å². The second kappa shape index (κ2) is 9.12. The first kappa shape index (κ1) is 22.4. The Kier molecular flexibility index (Phi) is 6.02. The van der Waals surface area contributed by atoms with E-state index in [4.69, 9.17) is 16.6 Å². The number of fused-ring (bicyclic) bond motifs is 1. The number of H-pyrrole nitrogens is 1. The molecule has 8 nitrogen and oxygen atoms in total. The van der Waals surface area contributed by atoms with Crippen LogP contribution in [0, 0.1) is 6.92 Å². The minimum Gasteiger partial charge on any atom is -0.340 e. The van der Waals surface area contributed by atoms with Crippen molar-refractivity contribution in [3.8, 4) is 0 Å². The van der Waals surface area contributed by atoms with Gasteiger partial charge in [-0.3, -0.25) is 23.8 Å². The zero-order valence-electron chi connectivity index (χ0n) is 19.3. The fourth-order valence-electron chi connectivity index (χ4n) is 4.47. The zero-order chi connectivity index (χ0) is 23.8. The van der Waals surface area contributed by atoms with E-state index in [2.05, 4.69) is 46.0 Å². The first-order chi connectivity index (χ1) is 16.4. The molecule has 0 atom stereocenters. The number of benzene rings is 2. The number of nitrogens with one attached hydrogen (secondary N) is 1. The van der Waals surface area contributed by atoms with Crippen LogP contribution in [0.4, 0.5) is 5.95 Å². The number of nitrogens with zero attached hydrogens (tertiary/aromatic N) is 5.